The molecule has 4 rings (SSSR count). The van der Waals surface area contributed by atoms with E-state index in [-0.39, 0.29) is 37.1 Å². The van der Waals surface area contributed by atoms with Gasteiger partial charge in [0.2, 0.25) is 0 Å². The summed E-state index contributed by atoms with van der Waals surface area (Å²) in [4.78, 5) is 41.1. The Labute approximate surface area is 260 Å². The highest BCUT2D eigenvalue weighted by atomic mass is 19.4. The van der Waals surface area contributed by atoms with E-state index in [9.17, 15) is 22.8 Å². The molecule has 0 aliphatic carbocycles. The minimum Gasteiger partial charge on any atom is -0.496 e. The van der Waals surface area contributed by atoms with Crippen LogP contribution in [0.25, 0.3) is 5.52 Å². The fourth-order valence-electron chi connectivity index (χ4n) is 5.82. The first-order valence-electron chi connectivity index (χ1n) is 14.7. The number of aromatic nitrogens is 2. The molecular weight excluding hydrogens is 587 g/mol. The van der Waals surface area contributed by atoms with Crippen molar-refractivity contribution in [2.45, 2.75) is 52.9 Å². The molecule has 3 aromatic heterocycles. The molecule has 13 heteroatoms. The van der Waals surface area contributed by atoms with Crippen LogP contribution in [0.2, 0.25) is 0 Å². The molecule has 1 atom stereocenters. The Morgan fingerprint density at radius 1 is 1.22 bits per heavy atom. The largest absolute Gasteiger partial charge is 0.496 e. The van der Waals surface area contributed by atoms with Crippen LogP contribution in [0, 0.1) is 13.8 Å². The topological polar surface area (TPSA) is 107 Å². The normalized spacial score (nSPS) is 16.0. The number of halogens is 3. The zero-order valence-electron chi connectivity index (χ0n) is 26.3. The highest BCUT2D eigenvalue weighted by Gasteiger charge is 2.34. The number of nitrogens with zero attached hydrogens (tertiary/aromatic N) is 5. The quantitative estimate of drug-likeness (QED) is 0.253. The molecule has 1 unspecified atom stereocenters. The lowest BCUT2D eigenvalue weighted by molar-refractivity contribution is -0.149. The Bertz CT molecular complexity index is 1660. The van der Waals surface area contributed by atoms with Crippen LogP contribution >= 0.6 is 0 Å². The number of hydrogen-bond acceptors (Lipinski definition) is 6. The van der Waals surface area contributed by atoms with Crippen molar-refractivity contribution >= 4 is 23.5 Å². The predicted molar refractivity (Wildman–Crippen MR) is 170 cm³/mol. The molecule has 3 aromatic rings. The number of ether oxygens (including phenoxy) is 1. The van der Waals surface area contributed by atoms with Crippen molar-refractivity contribution in [3.8, 4) is 5.75 Å². The van der Waals surface area contributed by atoms with Gasteiger partial charge in [-0.25, -0.2) is 9.98 Å². The van der Waals surface area contributed by atoms with Gasteiger partial charge in [0, 0.05) is 79.7 Å². The van der Waals surface area contributed by atoms with Crippen LogP contribution in [0.4, 0.5) is 13.2 Å². The van der Waals surface area contributed by atoms with Gasteiger partial charge in [-0.05, 0) is 57.0 Å². The van der Waals surface area contributed by atoms with Crippen molar-refractivity contribution in [3.05, 3.63) is 81.2 Å². The van der Waals surface area contributed by atoms with E-state index < -0.39 is 12.7 Å². The first-order chi connectivity index (χ1) is 21.3. The van der Waals surface area contributed by atoms with Gasteiger partial charge in [-0.15, -0.1) is 0 Å². The molecule has 1 saturated heterocycles. The maximum Gasteiger partial charge on any atom is 0.401 e. The van der Waals surface area contributed by atoms with Crippen molar-refractivity contribution in [2.24, 2.45) is 9.98 Å². The summed E-state index contributed by atoms with van der Waals surface area (Å²) in [5.74, 6) is 0.575. The van der Waals surface area contributed by atoms with E-state index in [0.717, 1.165) is 22.3 Å². The van der Waals surface area contributed by atoms with E-state index >= 15 is 0 Å². The summed E-state index contributed by atoms with van der Waals surface area (Å²) in [6, 6.07) is 5.29. The lowest BCUT2D eigenvalue weighted by atomic mass is 9.99. The average molecular weight is 628 g/mol. The molecule has 0 radical (unpaired) electrons. The zero-order chi connectivity index (χ0) is 32.9. The van der Waals surface area contributed by atoms with Crippen LogP contribution in [0.15, 0.2) is 52.0 Å². The number of H-pyrrole nitrogens is 1. The van der Waals surface area contributed by atoms with Gasteiger partial charge in [-0.3, -0.25) is 19.4 Å². The number of amidine groups is 1. The number of nitrogens with one attached hydrogen (secondary N) is 2. The molecule has 1 aliphatic rings. The number of aryl methyl sites for hydroxylation is 1. The first kappa shape index (κ1) is 33.7. The van der Waals surface area contributed by atoms with Crippen LogP contribution in [-0.2, 0) is 13.0 Å². The van der Waals surface area contributed by atoms with Crippen molar-refractivity contribution in [1.29, 1.82) is 0 Å². The third-order valence-corrected chi connectivity index (χ3v) is 8.08. The third-order valence-electron chi connectivity index (χ3n) is 8.08. The van der Waals surface area contributed by atoms with Gasteiger partial charge in [0.05, 0.1) is 25.8 Å². The molecule has 1 amide bonds. The number of alkyl halides is 3. The number of aliphatic imine (C=N–C) groups is 2. The second kappa shape index (κ2) is 14.2. The van der Waals surface area contributed by atoms with E-state index in [1.807, 2.05) is 36.6 Å². The number of fused-ring (bicyclic) bond motifs is 1. The molecule has 0 spiro atoms. The van der Waals surface area contributed by atoms with Crippen molar-refractivity contribution in [2.75, 3.05) is 39.8 Å². The van der Waals surface area contributed by atoms with Crippen LogP contribution < -0.4 is 15.6 Å². The molecular formula is C32H40F3N7O3. The Balaban J connectivity index is 1.69. The lowest BCUT2D eigenvalue weighted by Gasteiger charge is -2.39. The van der Waals surface area contributed by atoms with Crippen LogP contribution in [-0.4, -0.2) is 83.2 Å². The number of amides is 1. The molecule has 1 fully saturated rings. The van der Waals surface area contributed by atoms with E-state index in [4.69, 9.17) is 4.74 Å². The molecule has 0 bridgehead atoms. The SMILES string of the molecule is C=C/N=C(C)\N=C/Cc1ccn2c(C(C)N3CCN(CC(F)(F)F)CC3)c(C)c(C(=O)NCc3c(OC)cc(C)[nH]c3=O)cc12. The van der Waals surface area contributed by atoms with Crippen molar-refractivity contribution in [1.82, 2.24) is 24.5 Å². The maximum absolute atomic E-state index is 13.7. The zero-order valence-corrected chi connectivity index (χ0v) is 26.3. The molecule has 0 saturated carbocycles. The molecule has 2 N–H and O–H groups in total. The van der Waals surface area contributed by atoms with E-state index in [1.54, 1.807) is 26.1 Å². The molecule has 0 aromatic carbocycles. The second-order valence-corrected chi connectivity index (χ2v) is 11.2. The smallest absolute Gasteiger partial charge is 0.401 e. The molecule has 1 aliphatic heterocycles. The summed E-state index contributed by atoms with van der Waals surface area (Å²) in [6.45, 7) is 11.5. The van der Waals surface area contributed by atoms with Gasteiger partial charge in [-0.2, -0.15) is 13.2 Å². The number of rotatable bonds is 10. The number of piperazine rings is 1. The molecule has 242 valence electrons. The highest BCUT2D eigenvalue weighted by Crippen LogP contribution is 2.31. The third kappa shape index (κ3) is 8.08. The number of hydrogen-bond donors (Lipinski definition) is 2. The minimum atomic E-state index is -4.24. The second-order valence-electron chi connectivity index (χ2n) is 11.2. The van der Waals surface area contributed by atoms with Gasteiger partial charge in [0.25, 0.3) is 11.5 Å². The summed E-state index contributed by atoms with van der Waals surface area (Å²) >= 11 is 0. The Morgan fingerprint density at radius 2 is 1.93 bits per heavy atom. The Kier molecular flexibility index (Phi) is 10.7. The van der Waals surface area contributed by atoms with Gasteiger partial charge in [-0.1, -0.05) is 6.58 Å². The van der Waals surface area contributed by atoms with Gasteiger partial charge in [0.1, 0.15) is 11.6 Å². The Hall–Kier alpha value is -4.23. The van der Waals surface area contributed by atoms with Crippen LogP contribution in [0.1, 0.15) is 58.3 Å². The van der Waals surface area contributed by atoms with Crippen molar-refractivity contribution in [3.63, 3.8) is 0 Å². The number of aromatic amines is 1. The summed E-state index contributed by atoms with van der Waals surface area (Å²) in [6.07, 6.45) is 1.35. The summed E-state index contributed by atoms with van der Waals surface area (Å²) in [7, 11) is 1.47. The van der Waals surface area contributed by atoms with E-state index in [2.05, 4.69) is 31.8 Å². The fraction of sp³-hybridized carbons (Fsp3) is 0.438. The monoisotopic (exact) mass is 627 g/mol. The van der Waals surface area contributed by atoms with E-state index in [0.29, 0.717) is 47.9 Å². The number of pyridine rings is 2. The predicted octanol–water partition coefficient (Wildman–Crippen LogP) is 4.60. The number of carbonyl (C=O) groups excluding carboxylic acids is 1. The summed E-state index contributed by atoms with van der Waals surface area (Å²) < 4.78 is 46.4. The first-order valence-corrected chi connectivity index (χ1v) is 14.7. The van der Waals surface area contributed by atoms with Gasteiger partial charge in [0.15, 0.2) is 0 Å². The maximum atomic E-state index is 13.7. The number of carbonyl (C=O) groups is 1. The number of methoxy groups -OCH3 is 1. The standard InChI is InChI=1S/C32H40F3N7O3/c1-7-36-23(5)37-10-8-24-9-11-42-27(24)17-25(30(43)38-18-26-28(45-6)16-20(2)39-31(26)44)21(3)29(42)22(4)41-14-12-40(13-15-41)19-32(33,34)35/h7,9-11,16-17,22H,1,8,12-15,18-19H2,2-6H3,(H,38,43)(H,39,44)/b36-23-,37-10-. The highest BCUT2D eigenvalue weighted by molar-refractivity contribution is 5.97. The average Bonchev–Trinajstić information content (AvgIpc) is 3.37. The minimum absolute atomic E-state index is 0.0449. The van der Waals surface area contributed by atoms with Crippen LogP contribution in [0.5, 0.6) is 5.75 Å². The summed E-state index contributed by atoms with van der Waals surface area (Å²) in [5.41, 5.74) is 4.36. The van der Waals surface area contributed by atoms with Crippen LogP contribution in [0.3, 0.4) is 0 Å². The Morgan fingerprint density at radius 3 is 2.58 bits per heavy atom. The lowest BCUT2D eigenvalue weighted by Crippen LogP contribution is -2.49. The molecule has 4 heterocycles. The summed E-state index contributed by atoms with van der Waals surface area (Å²) in [5, 5.41) is 2.89. The van der Waals surface area contributed by atoms with Gasteiger partial charge < -0.3 is 19.4 Å². The molecule has 10 nitrogen and oxygen atoms in total. The van der Waals surface area contributed by atoms with Gasteiger partial charge >= 0.3 is 6.18 Å². The van der Waals surface area contributed by atoms with Crippen molar-refractivity contribution < 1.29 is 22.7 Å². The molecule has 45 heavy (non-hydrogen) atoms. The van der Waals surface area contributed by atoms with E-state index in [1.165, 1.54) is 18.2 Å². The fourth-order valence-corrected chi connectivity index (χ4v) is 5.82.